The molecule has 0 saturated heterocycles. The second-order valence-corrected chi connectivity index (χ2v) is 5.11. The number of carboxylic acids is 1. The van der Waals surface area contributed by atoms with Gasteiger partial charge < -0.3 is 15.2 Å². The number of carboxylic acid groups (broad SMARTS) is 1. The molecule has 20 heavy (non-hydrogen) atoms. The molecule has 1 aromatic carbocycles. The lowest BCUT2D eigenvalue weighted by Crippen LogP contribution is -2.42. The molecule has 0 heterocycles. The standard InChI is InChI=1S/C15H21NO4/c1-10(2)7-14(17)16-13(15(18)19)9-11-5-4-6-12(8-11)20-3/h4-6,8,10,13H,7,9H2,1-3H3,(H,16,17)(H,18,19)/t13-/m1/s1. The van der Waals surface area contributed by atoms with Crippen molar-refractivity contribution in [2.24, 2.45) is 5.92 Å². The van der Waals surface area contributed by atoms with Gasteiger partial charge in [0.1, 0.15) is 11.8 Å². The average molecular weight is 279 g/mol. The van der Waals surface area contributed by atoms with Crippen molar-refractivity contribution < 1.29 is 19.4 Å². The van der Waals surface area contributed by atoms with Gasteiger partial charge in [0.25, 0.3) is 0 Å². The summed E-state index contributed by atoms with van der Waals surface area (Å²) in [4.78, 5) is 22.9. The normalized spacial score (nSPS) is 12.0. The molecule has 0 aliphatic heterocycles. The van der Waals surface area contributed by atoms with Crippen molar-refractivity contribution in [2.75, 3.05) is 7.11 Å². The van der Waals surface area contributed by atoms with E-state index >= 15 is 0 Å². The zero-order chi connectivity index (χ0) is 15.1. The Morgan fingerprint density at radius 2 is 2.05 bits per heavy atom. The zero-order valence-electron chi connectivity index (χ0n) is 12.1. The monoisotopic (exact) mass is 279 g/mol. The number of amides is 1. The quantitative estimate of drug-likeness (QED) is 0.798. The first-order chi connectivity index (χ1) is 9.42. The van der Waals surface area contributed by atoms with Crippen molar-refractivity contribution in [1.82, 2.24) is 5.32 Å². The molecule has 0 spiro atoms. The highest BCUT2D eigenvalue weighted by Crippen LogP contribution is 2.14. The summed E-state index contributed by atoms with van der Waals surface area (Å²) in [5.41, 5.74) is 0.807. The first-order valence-electron chi connectivity index (χ1n) is 6.57. The number of methoxy groups -OCH3 is 1. The zero-order valence-corrected chi connectivity index (χ0v) is 12.1. The fourth-order valence-electron chi connectivity index (χ4n) is 1.86. The van der Waals surface area contributed by atoms with E-state index in [0.717, 1.165) is 5.56 Å². The second-order valence-electron chi connectivity index (χ2n) is 5.11. The molecule has 0 saturated carbocycles. The van der Waals surface area contributed by atoms with Gasteiger partial charge in [-0.25, -0.2) is 4.79 Å². The van der Waals surface area contributed by atoms with Gasteiger partial charge in [0, 0.05) is 12.8 Å². The fourth-order valence-corrected chi connectivity index (χ4v) is 1.86. The van der Waals surface area contributed by atoms with Crippen LogP contribution in [0, 0.1) is 5.92 Å². The Morgan fingerprint density at radius 1 is 1.35 bits per heavy atom. The number of aliphatic carboxylic acids is 1. The van der Waals surface area contributed by atoms with Gasteiger partial charge in [0.15, 0.2) is 0 Å². The third kappa shape index (κ3) is 5.30. The fraction of sp³-hybridized carbons (Fsp3) is 0.467. The molecule has 110 valence electrons. The summed E-state index contributed by atoms with van der Waals surface area (Å²) in [7, 11) is 1.55. The molecule has 5 nitrogen and oxygen atoms in total. The van der Waals surface area contributed by atoms with Crippen molar-refractivity contribution in [3.8, 4) is 5.75 Å². The largest absolute Gasteiger partial charge is 0.497 e. The summed E-state index contributed by atoms with van der Waals surface area (Å²) in [6.07, 6.45) is 0.554. The molecule has 0 radical (unpaired) electrons. The summed E-state index contributed by atoms with van der Waals surface area (Å²) in [5, 5.41) is 11.8. The molecule has 0 unspecified atom stereocenters. The Balaban J connectivity index is 2.71. The van der Waals surface area contributed by atoms with Crippen molar-refractivity contribution in [1.29, 1.82) is 0 Å². The third-order valence-corrected chi connectivity index (χ3v) is 2.80. The first kappa shape index (κ1) is 16.0. The van der Waals surface area contributed by atoms with Crippen LogP contribution in [-0.2, 0) is 16.0 Å². The van der Waals surface area contributed by atoms with Crippen LogP contribution in [0.2, 0.25) is 0 Å². The van der Waals surface area contributed by atoms with Crippen molar-refractivity contribution >= 4 is 11.9 Å². The number of carbonyl (C=O) groups is 2. The van der Waals surface area contributed by atoms with Gasteiger partial charge >= 0.3 is 5.97 Å². The summed E-state index contributed by atoms with van der Waals surface area (Å²) >= 11 is 0. The van der Waals surface area contributed by atoms with E-state index in [4.69, 9.17) is 4.74 Å². The first-order valence-corrected chi connectivity index (χ1v) is 6.57. The predicted molar refractivity (Wildman–Crippen MR) is 75.7 cm³/mol. The number of ether oxygens (including phenoxy) is 1. The van der Waals surface area contributed by atoms with Crippen LogP contribution in [-0.4, -0.2) is 30.1 Å². The molecule has 1 amide bonds. The van der Waals surface area contributed by atoms with E-state index in [1.807, 2.05) is 19.9 Å². The number of hydrogen-bond acceptors (Lipinski definition) is 3. The van der Waals surface area contributed by atoms with E-state index < -0.39 is 12.0 Å². The maximum atomic E-state index is 11.7. The number of hydrogen-bond donors (Lipinski definition) is 2. The lowest BCUT2D eigenvalue weighted by molar-refractivity contribution is -0.141. The average Bonchev–Trinajstić information content (AvgIpc) is 2.37. The Labute approximate surface area is 118 Å². The van der Waals surface area contributed by atoms with E-state index in [1.54, 1.807) is 25.3 Å². The van der Waals surface area contributed by atoms with E-state index in [2.05, 4.69) is 5.32 Å². The van der Waals surface area contributed by atoms with Crippen LogP contribution >= 0.6 is 0 Å². The lowest BCUT2D eigenvalue weighted by Gasteiger charge is -2.16. The highest BCUT2D eigenvalue weighted by molar-refractivity contribution is 5.83. The van der Waals surface area contributed by atoms with Crippen LogP contribution in [0.4, 0.5) is 0 Å². The number of carbonyl (C=O) groups excluding carboxylic acids is 1. The number of rotatable bonds is 7. The minimum absolute atomic E-state index is 0.196. The van der Waals surface area contributed by atoms with Crippen molar-refractivity contribution in [3.63, 3.8) is 0 Å². The van der Waals surface area contributed by atoms with E-state index in [0.29, 0.717) is 12.2 Å². The summed E-state index contributed by atoms with van der Waals surface area (Å²) in [5.74, 6) is -0.415. The van der Waals surface area contributed by atoms with E-state index in [9.17, 15) is 14.7 Å². The molecule has 0 bridgehead atoms. The Morgan fingerprint density at radius 3 is 2.60 bits per heavy atom. The highest BCUT2D eigenvalue weighted by Gasteiger charge is 2.20. The molecule has 1 aromatic rings. The van der Waals surface area contributed by atoms with Gasteiger partial charge in [-0.15, -0.1) is 0 Å². The maximum absolute atomic E-state index is 11.7. The second kappa shape index (κ2) is 7.53. The summed E-state index contributed by atoms with van der Waals surface area (Å²) < 4.78 is 5.10. The van der Waals surface area contributed by atoms with Crippen molar-refractivity contribution in [3.05, 3.63) is 29.8 Å². The minimum Gasteiger partial charge on any atom is -0.497 e. The topological polar surface area (TPSA) is 75.6 Å². The van der Waals surface area contributed by atoms with Crippen LogP contribution in [0.15, 0.2) is 24.3 Å². The van der Waals surface area contributed by atoms with Crippen LogP contribution in [0.3, 0.4) is 0 Å². The molecular weight excluding hydrogens is 258 g/mol. The van der Waals surface area contributed by atoms with Gasteiger partial charge in [-0.1, -0.05) is 26.0 Å². The summed E-state index contributed by atoms with van der Waals surface area (Å²) in [6.45, 7) is 3.83. The van der Waals surface area contributed by atoms with Gasteiger partial charge in [-0.05, 0) is 23.6 Å². The molecule has 0 fully saturated rings. The molecule has 5 heteroatoms. The maximum Gasteiger partial charge on any atom is 0.326 e. The highest BCUT2D eigenvalue weighted by atomic mass is 16.5. The van der Waals surface area contributed by atoms with Crippen LogP contribution in [0.1, 0.15) is 25.8 Å². The van der Waals surface area contributed by atoms with E-state index in [1.165, 1.54) is 0 Å². The number of benzene rings is 1. The minimum atomic E-state index is -1.04. The molecule has 1 atom stereocenters. The third-order valence-electron chi connectivity index (χ3n) is 2.80. The van der Waals surface area contributed by atoms with Crippen LogP contribution in [0.5, 0.6) is 5.75 Å². The van der Waals surface area contributed by atoms with Crippen LogP contribution in [0.25, 0.3) is 0 Å². The van der Waals surface area contributed by atoms with Gasteiger partial charge in [-0.3, -0.25) is 4.79 Å². The van der Waals surface area contributed by atoms with Gasteiger partial charge in [0.05, 0.1) is 7.11 Å². The summed E-state index contributed by atoms with van der Waals surface area (Å²) in [6, 6.07) is 6.24. The Hall–Kier alpha value is -2.04. The van der Waals surface area contributed by atoms with Gasteiger partial charge in [0.2, 0.25) is 5.91 Å². The number of nitrogens with one attached hydrogen (secondary N) is 1. The predicted octanol–water partition coefficient (Wildman–Crippen LogP) is 1.85. The SMILES string of the molecule is COc1cccc(C[C@@H](NC(=O)CC(C)C)C(=O)O)c1. The molecule has 0 aliphatic rings. The molecule has 2 N–H and O–H groups in total. The molecule has 0 aliphatic carbocycles. The molecule has 1 rings (SSSR count). The van der Waals surface area contributed by atoms with Crippen molar-refractivity contribution in [2.45, 2.75) is 32.7 Å². The van der Waals surface area contributed by atoms with Crippen LogP contribution < -0.4 is 10.1 Å². The molecular formula is C15H21NO4. The lowest BCUT2D eigenvalue weighted by atomic mass is 10.0. The molecule has 0 aromatic heterocycles. The van der Waals surface area contributed by atoms with E-state index in [-0.39, 0.29) is 18.2 Å². The van der Waals surface area contributed by atoms with Gasteiger partial charge in [-0.2, -0.15) is 0 Å². The Kier molecular flexibility index (Phi) is 6.03. The smallest absolute Gasteiger partial charge is 0.326 e. The Bertz CT molecular complexity index is 471.